The molecule has 3 rings (SSSR count). The molecule has 6 nitrogen and oxygen atoms in total. The minimum absolute atomic E-state index is 0.647. The van der Waals surface area contributed by atoms with Crippen molar-refractivity contribution in [2.45, 2.75) is 6.54 Å². The molecule has 0 spiro atoms. The van der Waals surface area contributed by atoms with E-state index in [-0.39, 0.29) is 0 Å². The van der Waals surface area contributed by atoms with Crippen LogP contribution in [0.15, 0.2) is 6.20 Å². The molecular formula is C11H16N4O2. The van der Waals surface area contributed by atoms with Crippen LogP contribution in [0.1, 0.15) is 5.69 Å². The third kappa shape index (κ3) is 2.32. The van der Waals surface area contributed by atoms with Crippen LogP contribution in [0.2, 0.25) is 0 Å². The van der Waals surface area contributed by atoms with Gasteiger partial charge in [0.25, 0.3) is 0 Å². The first-order valence-corrected chi connectivity index (χ1v) is 5.95. The third-order valence-corrected chi connectivity index (χ3v) is 2.94. The maximum absolute atomic E-state index is 5.59. The normalized spacial score (nSPS) is 20.4. The number of anilines is 1. The van der Waals surface area contributed by atoms with Crippen molar-refractivity contribution in [3.63, 3.8) is 0 Å². The van der Waals surface area contributed by atoms with Crippen molar-refractivity contribution in [2.24, 2.45) is 0 Å². The number of nitrogens with zero attached hydrogens (tertiary/aromatic N) is 3. The molecule has 0 radical (unpaired) electrons. The molecule has 3 heterocycles. The molecule has 0 aromatic carbocycles. The lowest BCUT2D eigenvalue weighted by molar-refractivity contribution is 0.122. The summed E-state index contributed by atoms with van der Waals surface area (Å²) < 4.78 is 10.9. The lowest BCUT2D eigenvalue weighted by Crippen LogP contribution is -2.36. The number of morpholine rings is 1. The molecule has 0 saturated carbocycles. The molecule has 0 atom stereocenters. The van der Waals surface area contributed by atoms with Crippen LogP contribution in [-0.2, 0) is 11.3 Å². The number of nitrogens with one attached hydrogen (secondary N) is 1. The highest BCUT2D eigenvalue weighted by molar-refractivity contribution is 5.40. The molecule has 1 aromatic heterocycles. The monoisotopic (exact) mass is 236 g/mol. The van der Waals surface area contributed by atoms with Gasteiger partial charge < -0.3 is 19.7 Å². The Kier molecular flexibility index (Phi) is 3.06. The van der Waals surface area contributed by atoms with Crippen molar-refractivity contribution in [3.05, 3.63) is 11.9 Å². The number of aromatic nitrogens is 2. The van der Waals surface area contributed by atoms with Gasteiger partial charge in [0.05, 0.1) is 19.4 Å². The van der Waals surface area contributed by atoms with Crippen molar-refractivity contribution in [1.29, 1.82) is 0 Å². The molecule has 0 aliphatic carbocycles. The zero-order chi connectivity index (χ0) is 11.5. The van der Waals surface area contributed by atoms with Gasteiger partial charge in [-0.2, -0.15) is 4.98 Å². The summed E-state index contributed by atoms with van der Waals surface area (Å²) in [7, 11) is 0. The topological polar surface area (TPSA) is 59.5 Å². The van der Waals surface area contributed by atoms with E-state index in [4.69, 9.17) is 9.47 Å². The first kappa shape index (κ1) is 10.7. The average molecular weight is 236 g/mol. The molecule has 1 saturated heterocycles. The van der Waals surface area contributed by atoms with Gasteiger partial charge in [0, 0.05) is 26.2 Å². The van der Waals surface area contributed by atoms with Crippen LogP contribution in [0.4, 0.5) is 5.82 Å². The fourth-order valence-corrected chi connectivity index (χ4v) is 2.00. The minimum atomic E-state index is 0.647. The van der Waals surface area contributed by atoms with E-state index in [0.717, 1.165) is 50.9 Å². The molecule has 0 unspecified atom stereocenters. The van der Waals surface area contributed by atoms with Crippen molar-refractivity contribution in [1.82, 2.24) is 15.3 Å². The van der Waals surface area contributed by atoms with Gasteiger partial charge >= 0.3 is 0 Å². The largest absolute Gasteiger partial charge is 0.475 e. The fraction of sp³-hybridized carbons (Fsp3) is 0.636. The van der Waals surface area contributed by atoms with Crippen LogP contribution in [0.5, 0.6) is 5.88 Å². The second-order valence-corrected chi connectivity index (χ2v) is 4.10. The lowest BCUT2D eigenvalue weighted by Gasteiger charge is -2.27. The lowest BCUT2D eigenvalue weighted by atomic mass is 10.4. The summed E-state index contributed by atoms with van der Waals surface area (Å²) in [5.74, 6) is 1.55. The van der Waals surface area contributed by atoms with Crippen LogP contribution in [0, 0.1) is 0 Å². The summed E-state index contributed by atoms with van der Waals surface area (Å²) in [5, 5.41) is 3.24. The Balaban J connectivity index is 1.83. The van der Waals surface area contributed by atoms with Gasteiger partial charge in [0.1, 0.15) is 12.3 Å². The van der Waals surface area contributed by atoms with Crippen LogP contribution in [0.25, 0.3) is 0 Å². The van der Waals surface area contributed by atoms with Gasteiger partial charge in [-0.3, -0.25) is 4.98 Å². The SMILES string of the molecule is c1nc2c(nc1N1CCOCC1)OCCNC2. The highest BCUT2D eigenvalue weighted by Crippen LogP contribution is 2.20. The number of hydrogen-bond donors (Lipinski definition) is 1. The Labute approximate surface area is 100.0 Å². The highest BCUT2D eigenvalue weighted by Gasteiger charge is 2.17. The first-order chi connectivity index (χ1) is 8.43. The number of hydrogen-bond acceptors (Lipinski definition) is 6. The van der Waals surface area contributed by atoms with Gasteiger partial charge in [0.2, 0.25) is 5.88 Å². The van der Waals surface area contributed by atoms with Crippen LogP contribution < -0.4 is 15.0 Å². The van der Waals surface area contributed by atoms with E-state index in [9.17, 15) is 0 Å². The number of fused-ring (bicyclic) bond motifs is 1. The van der Waals surface area contributed by atoms with Crippen LogP contribution in [-0.4, -0.2) is 49.4 Å². The predicted molar refractivity (Wildman–Crippen MR) is 62.3 cm³/mol. The molecule has 0 amide bonds. The van der Waals surface area contributed by atoms with Gasteiger partial charge in [-0.05, 0) is 0 Å². The molecule has 1 aromatic rings. The molecule has 92 valence electrons. The second-order valence-electron chi connectivity index (χ2n) is 4.10. The van der Waals surface area contributed by atoms with E-state index in [1.807, 2.05) is 6.20 Å². The average Bonchev–Trinajstić information content (AvgIpc) is 2.64. The third-order valence-electron chi connectivity index (χ3n) is 2.94. The van der Waals surface area contributed by atoms with Crippen molar-refractivity contribution in [3.8, 4) is 5.88 Å². The second kappa shape index (κ2) is 4.85. The van der Waals surface area contributed by atoms with Gasteiger partial charge in [-0.15, -0.1) is 0 Å². The summed E-state index contributed by atoms with van der Waals surface area (Å²) in [6.45, 7) is 5.45. The van der Waals surface area contributed by atoms with E-state index in [2.05, 4.69) is 20.2 Å². The molecule has 17 heavy (non-hydrogen) atoms. The maximum Gasteiger partial charge on any atom is 0.239 e. The molecule has 2 aliphatic rings. The zero-order valence-electron chi connectivity index (χ0n) is 9.69. The zero-order valence-corrected chi connectivity index (χ0v) is 9.69. The van der Waals surface area contributed by atoms with Crippen molar-refractivity contribution < 1.29 is 9.47 Å². The predicted octanol–water partition coefficient (Wildman–Crippen LogP) is -0.205. The first-order valence-electron chi connectivity index (χ1n) is 5.95. The van der Waals surface area contributed by atoms with E-state index in [1.54, 1.807) is 0 Å². The van der Waals surface area contributed by atoms with Gasteiger partial charge in [0.15, 0.2) is 5.82 Å². The Morgan fingerprint density at radius 2 is 2.12 bits per heavy atom. The standard InChI is InChI=1S/C11H16N4O2/c1-4-17-11-9(7-12-1)13-8-10(14-11)15-2-5-16-6-3-15/h8,12H,1-7H2. The Hall–Kier alpha value is -1.40. The number of rotatable bonds is 1. The van der Waals surface area contributed by atoms with Crippen LogP contribution in [0.3, 0.4) is 0 Å². The summed E-state index contributed by atoms with van der Waals surface area (Å²) in [5.41, 5.74) is 0.888. The van der Waals surface area contributed by atoms with Gasteiger partial charge in [-0.1, -0.05) is 0 Å². The Morgan fingerprint density at radius 1 is 1.24 bits per heavy atom. The van der Waals surface area contributed by atoms with E-state index in [1.165, 1.54) is 0 Å². The molecule has 6 heteroatoms. The van der Waals surface area contributed by atoms with E-state index < -0.39 is 0 Å². The summed E-state index contributed by atoms with van der Waals surface area (Å²) in [6, 6.07) is 0. The Morgan fingerprint density at radius 3 is 3.00 bits per heavy atom. The molecular weight excluding hydrogens is 220 g/mol. The van der Waals surface area contributed by atoms with Crippen molar-refractivity contribution >= 4 is 5.82 Å². The van der Waals surface area contributed by atoms with Crippen molar-refractivity contribution in [2.75, 3.05) is 44.4 Å². The quantitative estimate of drug-likeness (QED) is 0.728. The van der Waals surface area contributed by atoms with Crippen LogP contribution >= 0.6 is 0 Å². The maximum atomic E-state index is 5.59. The highest BCUT2D eigenvalue weighted by atomic mass is 16.5. The molecule has 1 fully saturated rings. The fourth-order valence-electron chi connectivity index (χ4n) is 2.00. The summed E-state index contributed by atoms with van der Waals surface area (Å²) >= 11 is 0. The summed E-state index contributed by atoms with van der Waals surface area (Å²) in [6.07, 6.45) is 1.82. The molecule has 2 aliphatic heterocycles. The minimum Gasteiger partial charge on any atom is -0.475 e. The molecule has 0 bridgehead atoms. The van der Waals surface area contributed by atoms with E-state index in [0.29, 0.717) is 12.5 Å². The van der Waals surface area contributed by atoms with E-state index >= 15 is 0 Å². The van der Waals surface area contributed by atoms with Gasteiger partial charge in [-0.25, -0.2) is 0 Å². The summed E-state index contributed by atoms with van der Waals surface area (Å²) in [4.78, 5) is 11.1. The number of ether oxygens (including phenoxy) is 2. The smallest absolute Gasteiger partial charge is 0.239 e. The molecule has 1 N–H and O–H groups in total. The Bertz CT molecular complexity index is 393.